The lowest BCUT2D eigenvalue weighted by atomic mass is 9.81. The molecule has 2 aromatic carbocycles. The molecule has 1 fully saturated rings. The molecule has 8 nitrogen and oxygen atoms in total. The largest absolute Gasteiger partial charge is 0.497 e. The summed E-state index contributed by atoms with van der Waals surface area (Å²) in [4.78, 5) is 12.9. The van der Waals surface area contributed by atoms with E-state index in [1.807, 2.05) is 32.0 Å². The van der Waals surface area contributed by atoms with Gasteiger partial charge in [-0.3, -0.25) is 4.79 Å². The van der Waals surface area contributed by atoms with Crippen LogP contribution in [-0.2, 0) is 23.2 Å². The van der Waals surface area contributed by atoms with Crippen molar-refractivity contribution in [1.82, 2.24) is 13.6 Å². The van der Waals surface area contributed by atoms with Crippen molar-refractivity contribution < 1.29 is 17.9 Å². The maximum atomic E-state index is 12.9. The zero-order chi connectivity index (χ0) is 27.6. The summed E-state index contributed by atoms with van der Waals surface area (Å²) in [6.45, 7) is 4.61. The molecular weight excluding hydrogens is 500 g/mol. The Hall–Kier alpha value is -2.88. The fraction of sp³-hybridized carbons (Fsp3) is 0.483. The van der Waals surface area contributed by atoms with E-state index in [2.05, 4.69) is 21.4 Å². The lowest BCUT2D eigenvalue weighted by molar-refractivity contribution is 0.0980. The van der Waals surface area contributed by atoms with Crippen molar-refractivity contribution in [2.45, 2.75) is 70.9 Å². The molecule has 1 aromatic heterocycles. The molecule has 0 spiro atoms. The first-order valence-electron chi connectivity index (χ1n) is 13.5. The van der Waals surface area contributed by atoms with E-state index < -0.39 is 16.1 Å². The standard InChI is InChI=1S/C27H34N4O4S.C2H6/c1-30(2)36(33,34)29-27(32)18-9-11-23-24(15-18)31-16-20(28)13-19-14-21(35-3)10-12-22(19)26(31)25(23)17-7-5-4-6-8-17;1-2/h9-12,14-15,17,20H,4-8,13,16,28H2,1-3H3,(H,29,32);1-2H3. The molecular formula is C29H40N4O4S. The third-order valence-corrected chi connectivity index (χ3v) is 8.95. The van der Waals surface area contributed by atoms with Gasteiger partial charge in [-0.05, 0) is 66.6 Å². The summed E-state index contributed by atoms with van der Waals surface area (Å²) in [6.07, 6.45) is 6.65. The highest BCUT2D eigenvalue weighted by atomic mass is 32.2. The molecule has 206 valence electrons. The van der Waals surface area contributed by atoms with E-state index in [1.165, 1.54) is 44.6 Å². The summed E-state index contributed by atoms with van der Waals surface area (Å²) < 4.78 is 35.4. The second kappa shape index (κ2) is 11.5. The van der Waals surface area contributed by atoms with E-state index in [4.69, 9.17) is 10.5 Å². The molecule has 1 unspecified atom stereocenters. The highest BCUT2D eigenvalue weighted by Crippen LogP contribution is 2.46. The van der Waals surface area contributed by atoms with Crippen LogP contribution in [0.15, 0.2) is 36.4 Å². The molecule has 1 saturated carbocycles. The minimum atomic E-state index is -3.89. The van der Waals surface area contributed by atoms with Crippen molar-refractivity contribution in [1.29, 1.82) is 0 Å². The molecule has 2 heterocycles. The highest BCUT2D eigenvalue weighted by Gasteiger charge is 2.31. The Morgan fingerprint density at radius 3 is 2.45 bits per heavy atom. The minimum Gasteiger partial charge on any atom is -0.497 e. The van der Waals surface area contributed by atoms with Crippen molar-refractivity contribution in [3.63, 3.8) is 0 Å². The average Bonchev–Trinajstić information content (AvgIpc) is 3.14. The number of nitrogens with zero attached hydrogens (tertiary/aromatic N) is 2. The first-order valence-corrected chi connectivity index (χ1v) is 15.0. The van der Waals surface area contributed by atoms with Crippen molar-refractivity contribution in [3.05, 3.63) is 53.1 Å². The molecule has 1 aliphatic heterocycles. The van der Waals surface area contributed by atoms with Gasteiger partial charge < -0.3 is 15.0 Å². The Kier molecular flexibility index (Phi) is 8.49. The summed E-state index contributed by atoms with van der Waals surface area (Å²) in [7, 11) is 0.548. The monoisotopic (exact) mass is 540 g/mol. The molecule has 3 N–H and O–H groups in total. The molecule has 0 radical (unpaired) electrons. The summed E-state index contributed by atoms with van der Waals surface area (Å²) in [6, 6.07) is 11.6. The van der Waals surface area contributed by atoms with E-state index in [1.54, 1.807) is 13.2 Å². The summed E-state index contributed by atoms with van der Waals surface area (Å²) in [5.41, 5.74) is 12.6. The van der Waals surface area contributed by atoms with Crippen LogP contribution >= 0.6 is 0 Å². The van der Waals surface area contributed by atoms with E-state index >= 15 is 0 Å². The number of carbonyl (C=O) groups excluding carboxylic acids is 1. The molecule has 1 aliphatic carbocycles. The molecule has 3 aromatic rings. The van der Waals surface area contributed by atoms with E-state index in [0.29, 0.717) is 18.0 Å². The summed E-state index contributed by atoms with van der Waals surface area (Å²) >= 11 is 0. The van der Waals surface area contributed by atoms with Gasteiger partial charge in [0.2, 0.25) is 0 Å². The number of nitrogens with two attached hydrogens (primary N) is 1. The van der Waals surface area contributed by atoms with Gasteiger partial charge in [-0.1, -0.05) is 39.2 Å². The molecule has 5 rings (SSSR count). The molecule has 0 saturated heterocycles. The van der Waals surface area contributed by atoms with Crippen LogP contribution in [0.2, 0.25) is 0 Å². The van der Waals surface area contributed by atoms with Gasteiger partial charge >= 0.3 is 10.2 Å². The van der Waals surface area contributed by atoms with E-state index in [0.717, 1.165) is 51.3 Å². The molecule has 1 amide bonds. The second-order valence-corrected chi connectivity index (χ2v) is 12.0. The van der Waals surface area contributed by atoms with Gasteiger partial charge in [0.1, 0.15) is 5.75 Å². The Morgan fingerprint density at radius 1 is 1.08 bits per heavy atom. The maximum absolute atomic E-state index is 12.9. The third kappa shape index (κ3) is 5.32. The van der Waals surface area contributed by atoms with E-state index in [9.17, 15) is 13.2 Å². The number of fused-ring (bicyclic) bond motifs is 5. The van der Waals surface area contributed by atoms with Gasteiger partial charge in [0, 0.05) is 48.7 Å². The minimum absolute atomic E-state index is 0.112. The number of rotatable bonds is 5. The molecule has 9 heteroatoms. The predicted octanol–water partition coefficient (Wildman–Crippen LogP) is 4.81. The fourth-order valence-corrected chi connectivity index (χ4v) is 6.28. The number of methoxy groups -OCH3 is 1. The number of nitrogens with one attached hydrogen (secondary N) is 1. The van der Waals surface area contributed by atoms with Gasteiger partial charge in [0.25, 0.3) is 5.91 Å². The van der Waals surface area contributed by atoms with Crippen molar-refractivity contribution in [2.75, 3.05) is 21.2 Å². The summed E-state index contributed by atoms with van der Waals surface area (Å²) in [5.74, 6) is 0.588. The SMILES string of the molecule is CC.COc1ccc2c(c1)CC(N)Cn1c-2c(C2CCCCC2)c2ccc(C(=O)NS(=O)(=O)N(C)C)cc21. The number of aromatic nitrogens is 1. The lowest BCUT2D eigenvalue weighted by Crippen LogP contribution is -2.39. The third-order valence-electron chi connectivity index (χ3n) is 7.55. The van der Waals surface area contributed by atoms with Crippen LogP contribution in [0.4, 0.5) is 0 Å². The number of carbonyl (C=O) groups is 1. The van der Waals surface area contributed by atoms with Crippen LogP contribution in [0.1, 0.15) is 73.4 Å². The molecule has 2 aliphatic rings. The van der Waals surface area contributed by atoms with Crippen molar-refractivity contribution >= 4 is 27.0 Å². The molecule has 1 atom stereocenters. The van der Waals surface area contributed by atoms with Crippen molar-refractivity contribution in [3.8, 4) is 17.0 Å². The normalized spacial score (nSPS) is 17.7. The van der Waals surface area contributed by atoms with Crippen LogP contribution in [0.5, 0.6) is 5.75 Å². The molecule has 0 bridgehead atoms. The molecule has 38 heavy (non-hydrogen) atoms. The number of hydrogen-bond acceptors (Lipinski definition) is 5. The van der Waals surface area contributed by atoms with Crippen LogP contribution in [0, 0.1) is 0 Å². The smallest absolute Gasteiger partial charge is 0.303 e. The fourth-order valence-electron chi connectivity index (χ4n) is 5.75. The Bertz CT molecular complexity index is 1420. The van der Waals surface area contributed by atoms with Gasteiger partial charge in [0.15, 0.2) is 0 Å². The Balaban J connectivity index is 0.00000164. The second-order valence-electron chi connectivity index (χ2n) is 10.1. The van der Waals surface area contributed by atoms with Crippen LogP contribution < -0.4 is 15.2 Å². The number of hydrogen-bond donors (Lipinski definition) is 2. The van der Waals surface area contributed by atoms with Gasteiger partial charge in [-0.25, -0.2) is 4.72 Å². The average molecular weight is 541 g/mol. The zero-order valence-corrected chi connectivity index (χ0v) is 23.9. The predicted molar refractivity (Wildman–Crippen MR) is 153 cm³/mol. The maximum Gasteiger partial charge on any atom is 0.303 e. The lowest BCUT2D eigenvalue weighted by Gasteiger charge is -2.24. The Labute approximate surface area is 226 Å². The van der Waals surface area contributed by atoms with E-state index in [-0.39, 0.29) is 6.04 Å². The topological polar surface area (TPSA) is 107 Å². The number of ether oxygens (including phenoxy) is 1. The Morgan fingerprint density at radius 2 is 1.79 bits per heavy atom. The quantitative estimate of drug-likeness (QED) is 0.483. The van der Waals surface area contributed by atoms with Gasteiger partial charge in [-0.15, -0.1) is 0 Å². The highest BCUT2D eigenvalue weighted by molar-refractivity contribution is 7.87. The van der Waals surface area contributed by atoms with Crippen LogP contribution in [0.25, 0.3) is 22.2 Å². The zero-order valence-electron chi connectivity index (χ0n) is 23.1. The van der Waals surface area contributed by atoms with Crippen molar-refractivity contribution in [2.24, 2.45) is 5.73 Å². The first kappa shape index (κ1) is 28.1. The summed E-state index contributed by atoms with van der Waals surface area (Å²) in [5, 5.41) is 1.11. The van der Waals surface area contributed by atoms with Gasteiger partial charge in [0.05, 0.1) is 12.8 Å². The number of benzene rings is 2. The van der Waals surface area contributed by atoms with Crippen LogP contribution in [0.3, 0.4) is 0 Å². The first-order chi connectivity index (χ1) is 18.2. The number of amides is 1. The van der Waals surface area contributed by atoms with Gasteiger partial charge in [-0.2, -0.15) is 12.7 Å². The van der Waals surface area contributed by atoms with Crippen LogP contribution in [-0.4, -0.2) is 50.4 Å².